The Hall–Kier alpha value is -1.45. The molecule has 3 unspecified atom stereocenters. The molecular formula is C25H36O4. The van der Waals surface area contributed by atoms with Crippen LogP contribution < -0.4 is 0 Å². The lowest BCUT2D eigenvalue weighted by molar-refractivity contribution is -0.156. The first-order valence-electron chi connectivity index (χ1n) is 11.6. The van der Waals surface area contributed by atoms with E-state index in [1.54, 1.807) is 5.57 Å². The van der Waals surface area contributed by atoms with Gasteiger partial charge in [0.1, 0.15) is 11.6 Å². The quantitative estimate of drug-likeness (QED) is 0.491. The van der Waals surface area contributed by atoms with Crippen LogP contribution in [-0.2, 0) is 19.1 Å². The first-order chi connectivity index (χ1) is 13.6. The average Bonchev–Trinajstić information content (AvgIpc) is 2.97. The molecule has 0 spiro atoms. The predicted octanol–water partition coefficient (Wildman–Crippen LogP) is 5.05. The van der Waals surface area contributed by atoms with Crippen LogP contribution in [-0.4, -0.2) is 24.1 Å². The van der Waals surface area contributed by atoms with Gasteiger partial charge in [-0.15, -0.1) is 0 Å². The van der Waals surface area contributed by atoms with Crippen LogP contribution in [0.4, 0.5) is 0 Å². The Kier molecular flexibility index (Phi) is 5.28. The van der Waals surface area contributed by atoms with Gasteiger partial charge >= 0.3 is 5.97 Å². The molecule has 4 heteroatoms. The number of fused-ring (bicyclic) bond motifs is 4. The standard InChI is InChI=1S/C25H36O4/c1-15-13-16-14-17(26)5-6-18(16)19-9-10-25(11-12-29-23(28)24(2,3)4)20(22(15)19)7-8-21(25)27/h15,19-20,22H,5-14H2,1-4H3/t15-,19?,20?,22?,25-/m1/s1. The van der Waals surface area contributed by atoms with Gasteiger partial charge < -0.3 is 4.74 Å². The molecule has 4 nitrogen and oxygen atoms in total. The summed E-state index contributed by atoms with van der Waals surface area (Å²) in [7, 11) is 0. The van der Waals surface area contributed by atoms with Crippen LogP contribution in [0.2, 0.25) is 0 Å². The zero-order valence-electron chi connectivity index (χ0n) is 18.5. The molecule has 0 aromatic rings. The van der Waals surface area contributed by atoms with Gasteiger partial charge in [0.2, 0.25) is 0 Å². The maximum absolute atomic E-state index is 13.1. The van der Waals surface area contributed by atoms with Gasteiger partial charge in [0.25, 0.3) is 0 Å². The Balaban J connectivity index is 1.54. The van der Waals surface area contributed by atoms with E-state index in [1.807, 2.05) is 20.8 Å². The van der Waals surface area contributed by atoms with Crippen LogP contribution in [0, 0.1) is 34.5 Å². The average molecular weight is 401 g/mol. The van der Waals surface area contributed by atoms with Crippen molar-refractivity contribution < 1.29 is 19.1 Å². The van der Waals surface area contributed by atoms with Crippen LogP contribution in [0.1, 0.15) is 85.5 Å². The number of carbonyl (C=O) groups is 3. The number of allylic oxidation sites excluding steroid dienone is 2. The molecule has 29 heavy (non-hydrogen) atoms. The zero-order valence-corrected chi connectivity index (χ0v) is 18.5. The van der Waals surface area contributed by atoms with Crippen molar-refractivity contribution in [3.05, 3.63) is 11.1 Å². The highest BCUT2D eigenvalue weighted by Gasteiger charge is 2.58. The molecule has 0 aliphatic heterocycles. The van der Waals surface area contributed by atoms with Gasteiger partial charge in [-0.3, -0.25) is 14.4 Å². The zero-order chi connectivity index (χ0) is 21.0. The third-order valence-corrected chi connectivity index (χ3v) is 8.38. The summed E-state index contributed by atoms with van der Waals surface area (Å²) in [5, 5.41) is 0. The molecule has 0 heterocycles. The van der Waals surface area contributed by atoms with E-state index >= 15 is 0 Å². The summed E-state index contributed by atoms with van der Waals surface area (Å²) in [6.45, 7) is 8.29. The van der Waals surface area contributed by atoms with Crippen molar-refractivity contribution in [2.45, 2.75) is 85.5 Å². The second-order valence-electron chi connectivity index (χ2n) is 11.1. The van der Waals surface area contributed by atoms with E-state index in [0.717, 1.165) is 32.1 Å². The first kappa shape index (κ1) is 20.8. The van der Waals surface area contributed by atoms with E-state index < -0.39 is 5.41 Å². The van der Waals surface area contributed by atoms with E-state index in [9.17, 15) is 14.4 Å². The Bertz CT molecular complexity index is 755. The van der Waals surface area contributed by atoms with E-state index in [2.05, 4.69) is 6.92 Å². The van der Waals surface area contributed by atoms with Gasteiger partial charge in [0, 0.05) is 24.7 Å². The van der Waals surface area contributed by atoms with Gasteiger partial charge in [0.15, 0.2) is 0 Å². The molecule has 0 aromatic carbocycles. The lowest BCUT2D eigenvalue weighted by Crippen LogP contribution is -2.49. The van der Waals surface area contributed by atoms with E-state index in [0.29, 0.717) is 67.5 Å². The van der Waals surface area contributed by atoms with Gasteiger partial charge in [-0.2, -0.15) is 0 Å². The minimum atomic E-state index is -0.506. The number of esters is 1. The Labute approximate surface area is 174 Å². The van der Waals surface area contributed by atoms with Crippen LogP contribution in [0.5, 0.6) is 0 Å². The number of Topliss-reactive ketones (excluding diaryl/α,β-unsaturated/α-hetero) is 2. The van der Waals surface area contributed by atoms with Crippen molar-refractivity contribution in [2.75, 3.05) is 6.61 Å². The Morgan fingerprint density at radius 2 is 1.90 bits per heavy atom. The molecule has 0 aromatic heterocycles. The van der Waals surface area contributed by atoms with Crippen molar-refractivity contribution in [3.63, 3.8) is 0 Å². The molecule has 160 valence electrons. The lowest BCUT2D eigenvalue weighted by atomic mass is 9.51. The molecule has 0 N–H and O–H groups in total. The van der Waals surface area contributed by atoms with Gasteiger partial charge in [0.05, 0.1) is 12.0 Å². The van der Waals surface area contributed by atoms with E-state index in [1.165, 1.54) is 5.57 Å². The first-order valence-corrected chi connectivity index (χ1v) is 11.6. The van der Waals surface area contributed by atoms with Crippen molar-refractivity contribution in [1.82, 2.24) is 0 Å². The molecular weight excluding hydrogens is 364 g/mol. The third-order valence-electron chi connectivity index (χ3n) is 8.38. The maximum atomic E-state index is 13.1. The Morgan fingerprint density at radius 1 is 1.14 bits per heavy atom. The second kappa shape index (κ2) is 7.35. The number of ether oxygens (including phenoxy) is 1. The second-order valence-corrected chi connectivity index (χ2v) is 11.1. The van der Waals surface area contributed by atoms with E-state index in [4.69, 9.17) is 4.74 Å². The molecule has 2 saturated carbocycles. The Morgan fingerprint density at radius 3 is 2.62 bits per heavy atom. The largest absolute Gasteiger partial charge is 0.465 e. The minimum Gasteiger partial charge on any atom is -0.465 e. The molecule has 0 saturated heterocycles. The number of hydrogen-bond donors (Lipinski definition) is 0. The highest BCUT2D eigenvalue weighted by molar-refractivity contribution is 5.88. The fourth-order valence-electron chi connectivity index (χ4n) is 7.05. The molecule has 4 aliphatic carbocycles. The molecule has 4 aliphatic rings. The SMILES string of the molecule is C[C@@H]1CC2=C(CCC(=O)C2)C2CC[C@]3(CCOC(=O)C(C)(C)C)C(=O)CCC3C21. The number of rotatable bonds is 3. The fourth-order valence-corrected chi connectivity index (χ4v) is 7.05. The van der Waals surface area contributed by atoms with Crippen molar-refractivity contribution in [1.29, 1.82) is 0 Å². The number of carbonyl (C=O) groups excluding carboxylic acids is 3. The summed E-state index contributed by atoms with van der Waals surface area (Å²) in [4.78, 5) is 37.3. The minimum absolute atomic E-state index is 0.183. The molecule has 0 bridgehead atoms. The normalized spacial score (nSPS) is 37.1. The highest BCUT2D eigenvalue weighted by atomic mass is 16.5. The van der Waals surface area contributed by atoms with Crippen molar-refractivity contribution in [3.8, 4) is 0 Å². The van der Waals surface area contributed by atoms with Crippen LogP contribution in [0.25, 0.3) is 0 Å². The number of ketones is 2. The molecule has 4 rings (SSSR count). The van der Waals surface area contributed by atoms with Gasteiger partial charge in [-0.1, -0.05) is 18.1 Å². The monoisotopic (exact) mass is 400 g/mol. The van der Waals surface area contributed by atoms with E-state index in [-0.39, 0.29) is 11.4 Å². The molecule has 5 atom stereocenters. The highest BCUT2D eigenvalue weighted by Crippen LogP contribution is 2.62. The summed E-state index contributed by atoms with van der Waals surface area (Å²) in [6.07, 6.45) is 7.66. The van der Waals surface area contributed by atoms with Crippen LogP contribution in [0.3, 0.4) is 0 Å². The van der Waals surface area contributed by atoms with Crippen molar-refractivity contribution in [2.24, 2.45) is 34.5 Å². The summed E-state index contributed by atoms with van der Waals surface area (Å²) in [5.41, 5.74) is 2.19. The van der Waals surface area contributed by atoms with Crippen molar-refractivity contribution >= 4 is 17.5 Å². The maximum Gasteiger partial charge on any atom is 0.311 e. The predicted molar refractivity (Wildman–Crippen MR) is 111 cm³/mol. The molecule has 0 amide bonds. The molecule has 0 radical (unpaired) electrons. The fraction of sp³-hybridized carbons (Fsp3) is 0.800. The third kappa shape index (κ3) is 3.51. The topological polar surface area (TPSA) is 60.4 Å². The molecule has 2 fully saturated rings. The summed E-state index contributed by atoms with van der Waals surface area (Å²) < 4.78 is 5.58. The summed E-state index contributed by atoms with van der Waals surface area (Å²) >= 11 is 0. The van der Waals surface area contributed by atoms with Crippen LogP contribution >= 0.6 is 0 Å². The van der Waals surface area contributed by atoms with Crippen LogP contribution in [0.15, 0.2) is 11.1 Å². The summed E-state index contributed by atoms with van der Waals surface area (Å²) in [5.74, 6) is 2.65. The summed E-state index contributed by atoms with van der Waals surface area (Å²) in [6, 6.07) is 0. The van der Waals surface area contributed by atoms with Gasteiger partial charge in [-0.05, 0) is 83.0 Å². The van der Waals surface area contributed by atoms with Gasteiger partial charge in [-0.25, -0.2) is 0 Å². The lowest BCUT2D eigenvalue weighted by Gasteiger charge is -2.53. The smallest absolute Gasteiger partial charge is 0.311 e. The number of hydrogen-bond acceptors (Lipinski definition) is 4.